The van der Waals surface area contributed by atoms with Crippen molar-refractivity contribution in [3.63, 3.8) is 0 Å². The average molecular weight is 301 g/mol. The van der Waals surface area contributed by atoms with Gasteiger partial charge in [0.15, 0.2) is 0 Å². The second-order valence-electron chi connectivity index (χ2n) is 5.26. The Bertz CT molecular complexity index is 338. The number of hydrogen-bond acceptors (Lipinski definition) is 5. The number of carbonyl (C=O) groups is 1. The number of carbonyl (C=O) groups excluding carboxylic acids is 1. The smallest absolute Gasteiger partial charge is 0.256 e. The first-order chi connectivity index (χ1) is 9.52. The molecule has 1 saturated carbocycles. The third kappa shape index (κ3) is 6.62. The fourth-order valence-electron chi connectivity index (χ4n) is 2.07. The Morgan fingerprint density at radius 1 is 1.45 bits per heavy atom. The maximum absolute atomic E-state index is 11.1. The first-order valence-corrected chi connectivity index (χ1v) is 8.23. The number of nitrogens with one attached hydrogen (secondary N) is 1. The van der Waals surface area contributed by atoms with Gasteiger partial charge in [0.25, 0.3) is 8.53 Å². The molecule has 0 bridgehead atoms. The van der Waals surface area contributed by atoms with Gasteiger partial charge in [-0.25, -0.2) is 5.09 Å². The van der Waals surface area contributed by atoms with Gasteiger partial charge >= 0.3 is 0 Å². The number of nitrogens with two attached hydrogens (primary N) is 1. The summed E-state index contributed by atoms with van der Waals surface area (Å²) in [5, 5.41) is 11.8. The molecule has 1 unspecified atom stereocenters. The van der Waals surface area contributed by atoms with E-state index in [2.05, 4.69) is 5.09 Å². The molecule has 0 aromatic rings. The average Bonchev–Trinajstić information content (AvgIpc) is 2.38. The Balaban J connectivity index is 2.37. The molecule has 114 valence electrons. The fourth-order valence-corrected chi connectivity index (χ4v) is 3.43. The van der Waals surface area contributed by atoms with Crippen molar-refractivity contribution >= 4 is 14.4 Å². The SMILES string of the molecule is CC(C)NP(OCCC#N)OC1CCC(C(N)=O)CC1. The van der Waals surface area contributed by atoms with Gasteiger partial charge in [-0.3, -0.25) is 4.79 Å². The quantitative estimate of drug-likeness (QED) is 0.529. The molecule has 1 amide bonds. The van der Waals surface area contributed by atoms with Crippen molar-refractivity contribution in [3.05, 3.63) is 0 Å². The third-order valence-electron chi connectivity index (χ3n) is 3.11. The molecule has 0 radical (unpaired) electrons. The Morgan fingerprint density at radius 3 is 2.60 bits per heavy atom. The van der Waals surface area contributed by atoms with Crippen LogP contribution in [0.25, 0.3) is 0 Å². The Kier molecular flexibility index (Phi) is 8.01. The number of nitriles is 1. The van der Waals surface area contributed by atoms with Crippen LogP contribution >= 0.6 is 8.53 Å². The number of primary amides is 1. The number of hydrogen-bond donors (Lipinski definition) is 2. The van der Waals surface area contributed by atoms with Crippen LogP contribution in [0.1, 0.15) is 46.0 Å². The molecule has 1 rings (SSSR count). The minimum Gasteiger partial charge on any atom is -0.369 e. The van der Waals surface area contributed by atoms with E-state index in [4.69, 9.17) is 20.0 Å². The summed E-state index contributed by atoms with van der Waals surface area (Å²) in [5.41, 5.74) is 5.32. The standard InChI is InChI=1S/C13H24N3O3P/c1-10(2)16-20(18-9-3-8-14)19-12-6-4-11(5-7-12)13(15)17/h10-12,16H,3-7,9H2,1-2H3,(H2,15,17). The first-order valence-electron chi connectivity index (χ1n) is 7.05. The topological polar surface area (TPSA) is 97.4 Å². The monoisotopic (exact) mass is 301 g/mol. The normalized spacial score (nSPS) is 24.3. The highest BCUT2D eigenvalue weighted by atomic mass is 31.2. The van der Waals surface area contributed by atoms with Crippen LogP contribution in [0.15, 0.2) is 0 Å². The van der Waals surface area contributed by atoms with Crippen LogP contribution in [0, 0.1) is 17.2 Å². The van der Waals surface area contributed by atoms with Gasteiger partial charge in [0.1, 0.15) is 0 Å². The van der Waals surface area contributed by atoms with E-state index in [1.54, 1.807) is 0 Å². The van der Waals surface area contributed by atoms with E-state index >= 15 is 0 Å². The second-order valence-corrected chi connectivity index (χ2v) is 6.51. The van der Waals surface area contributed by atoms with Crippen LogP contribution < -0.4 is 10.8 Å². The molecule has 0 aromatic heterocycles. The molecule has 20 heavy (non-hydrogen) atoms. The molecule has 1 aliphatic carbocycles. The maximum Gasteiger partial charge on any atom is 0.256 e. The fraction of sp³-hybridized carbons (Fsp3) is 0.846. The van der Waals surface area contributed by atoms with E-state index in [0.717, 1.165) is 25.7 Å². The van der Waals surface area contributed by atoms with E-state index in [-0.39, 0.29) is 24.0 Å². The van der Waals surface area contributed by atoms with E-state index in [1.165, 1.54) is 0 Å². The molecule has 0 heterocycles. The predicted molar refractivity (Wildman–Crippen MR) is 77.4 cm³/mol. The van der Waals surface area contributed by atoms with Crippen LogP contribution in [0.4, 0.5) is 0 Å². The van der Waals surface area contributed by atoms with Crippen molar-refractivity contribution < 1.29 is 13.8 Å². The molecule has 0 aromatic carbocycles. The lowest BCUT2D eigenvalue weighted by atomic mass is 9.87. The van der Waals surface area contributed by atoms with Crippen LogP contribution in [-0.2, 0) is 13.8 Å². The van der Waals surface area contributed by atoms with E-state index in [9.17, 15) is 4.79 Å². The van der Waals surface area contributed by atoms with Gasteiger partial charge in [0, 0.05) is 12.0 Å². The highest BCUT2D eigenvalue weighted by Crippen LogP contribution is 2.40. The maximum atomic E-state index is 11.1. The van der Waals surface area contributed by atoms with Gasteiger partial charge in [-0.15, -0.1) is 0 Å². The molecule has 3 N–H and O–H groups in total. The second kappa shape index (κ2) is 9.25. The first kappa shape index (κ1) is 17.3. The number of nitrogens with zero attached hydrogens (tertiary/aromatic N) is 1. The minimum absolute atomic E-state index is 0.0151. The van der Waals surface area contributed by atoms with E-state index in [1.807, 2.05) is 19.9 Å². The van der Waals surface area contributed by atoms with E-state index in [0.29, 0.717) is 13.0 Å². The summed E-state index contributed by atoms with van der Waals surface area (Å²) >= 11 is 0. The van der Waals surface area contributed by atoms with Gasteiger partial charge in [0.2, 0.25) is 5.91 Å². The lowest BCUT2D eigenvalue weighted by molar-refractivity contribution is -0.123. The molecule has 6 nitrogen and oxygen atoms in total. The molecule has 7 heteroatoms. The highest BCUT2D eigenvalue weighted by Gasteiger charge is 2.27. The van der Waals surface area contributed by atoms with Gasteiger partial charge in [0.05, 0.1) is 25.2 Å². The van der Waals surface area contributed by atoms with Crippen molar-refractivity contribution in [2.24, 2.45) is 11.7 Å². The Morgan fingerprint density at radius 2 is 2.10 bits per heavy atom. The zero-order valence-electron chi connectivity index (χ0n) is 12.2. The molecule has 0 aliphatic heterocycles. The largest absolute Gasteiger partial charge is 0.369 e. The van der Waals surface area contributed by atoms with Crippen molar-refractivity contribution in [1.29, 1.82) is 5.26 Å². The van der Waals surface area contributed by atoms with E-state index < -0.39 is 8.53 Å². The van der Waals surface area contributed by atoms with Gasteiger partial charge in [-0.05, 0) is 39.5 Å². The summed E-state index contributed by atoms with van der Waals surface area (Å²) < 4.78 is 11.5. The zero-order chi connectivity index (χ0) is 15.0. The van der Waals surface area contributed by atoms with Crippen molar-refractivity contribution in [2.75, 3.05) is 6.61 Å². The summed E-state index contributed by atoms with van der Waals surface area (Å²) in [6.07, 6.45) is 3.68. The lowest BCUT2D eigenvalue weighted by Crippen LogP contribution is -2.31. The third-order valence-corrected chi connectivity index (χ3v) is 4.74. The zero-order valence-corrected chi connectivity index (χ0v) is 13.1. The number of amides is 1. The lowest BCUT2D eigenvalue weighted by Gasteiger charge is -2.30. The van der Waals surface area contributed by atoms with Gasteiger partial charge < -0.3 is 14.8 Å². The van der Waals surface area contributed by atoms with Crippen LogP contribution in [0.2, 0.25) is 0 Å². The van der Waals surface area contributed by atoms with Crippen molar-refractivity contribution in [3.8, 4) is 6.07 Å². The molecular weight excluding hydrogens is 277 g/mol. The van der Waals surface area contributed by atoms with Crippen molar-refractivity contribution in [1.82, 2.24) is 5.09 Å². The summed E-state index contributed by atoms with van der Waals surface area (Å²) in [4.78, 5) is 11.1. The van der Waals surface area contributed by atoms with Crippen LogP contribution in [0.5, 0.6) is 0 Å². The molecule has 1 atom stereocenters. The van der Waals surface area contributed by atoms with Gasteiger partial charge in [-0.1, -0.05) is 0 Å². The molecule has 0 saturated heterocycles. The highest BCUT2D eigenvalue weighted by molar-refractivity contribution is 7.45. The van der Waals surface area contributed by atoms with Gasteiger partial charge in [-0.2, -0.15) is 5.26 Å². The molecule has 1 fully saturated rings. The number of rotatable bonds is 8. The van der Waals surface area contributed by atoms with Crippen LogP contribution in [0.3, 0.4) is 0 Å². The summed E-state index contributed by atoms with van der Waals surface area (Å²) in [5.74, 6) is -0.227. The Hall–Kier alpha value is -0.730. The minimum atomic E-state index is -1.18. The predicted octanol–water partition coefficient (Wildman–Crippen LogP) is 2.20. The summed E-state index contributed by atoms with van der Waals surface area (Å²) in [7, 11) is -1.18. The summed E-state index contributed by atoms with van der Waals surface area (Å²) in [6, 6.07) is 2.30. The Labute approximate surface area is 122 Å². The summed E-state index contributed by atoms with van der Waals surface area (Å²) in [6.45, 7) is 4.42. The molecular formula is C13H24N3O3P. The molecule has 1 aliphatic rings. The van der Waals surface area contributed by atoms with Crippen LogP contribution in [-0.4, -0.2) is 24.7 Å². The van der Waals surface area contributed by atoms with Crippen molar-refractivity contribution in [2.45, 2.75) is 58.1 Å². The molecule has 0 spiro atoms.